The molecule has 0 radical (unpaired) electrons. The highest BCUT2D eigenvalue weighted by Gasteiger charge is 2.41. The van der Waals surface area contributed by atoms with Crippen molar-refractivity contribution >= 4 is 45.0 Å². The molecule has 1 aliphatic rings. The van der Waals surface area contributed by atoms with Gasteiger partial charge in [-0.3, -0.25) is 4.79 Å². The van der Waals surface area contributed by atoms with Crippen LogP contribution in [0.1, 0.15) is 23.2 Å². The largest absolute Gasteiger partial charge is 0.351 e. The van der Waals surface area contributed by atoms with E-state index in [2.05, 4.69) is 21.2 Å². The van der Waals surface area contributed by atoms with Gasteiger partial charge in [0.2, 0.25) is 0 Å². The van der Waals surface area contributed by atoms with E-state index in [1.807, 2.05) is 0 Å². The van der Waals surface area contributed by atoms with Gasteiger partial charge in [0.05, 0.1) is 0 Å². The Balaban J connectivity index is 1.99. The first kappa shape index (κ1) is 13.2. The van der Waals surface area contributed by atoms with Crippen LogP contribution in [-0.4, -0.2) is 17.8 Å². The van der Waals surface area contributed by atoms with Crippen LogP contribution in [0, 0.1) is 5.41 Å². The second kappa shape index (κ2) is 5.17. The minimum atomic E-state index is -0.123. The molecule has 0 atom stereocenters. The van der Waals surface area contributed by atoms with Crippen molar-refractivity contribution in [3.05, 3.63) is 33.8 Å². The first-order valence-electron chi connectivity index (χ1n) is 5.35. The minimum absolute atomic E-state index is 0.123. The van der Waals surface area contributed by atoms with E-state index in [0.717, 1.165) is 18.2 Å². The van der Waals surface area contributed by atoms with Crippen LogP contribution in [0.3, 0.4) is 0 Å². The average molecular weight is 337 g/mol. The maximum Gasteiger partial charge on any atom is 0.251 e. The number of hydrogen-bond donors (Lipinski definition) is 1. The maximum atomic E-state index is 11.9. The van der Waals surface area contributed by atoms with E-state index in [1.165, 1.54) is 0 Å². The fourth-order valence-electron chi connectivity index (χ4n) is 1.59. The van der Waals surface area contributed by atoms with Crippen LogP contribution in [0.4, 0.5) is 0 Å². The Labute approximate surface area is 119 Å². The molecule has 1 fully saturated rings. The molecule has 1 amide bonds. The molecule has 0 spiro atoms. The van der Waals surface area contributed by atoms with Gasteiger partial charge in [-0.05, 0) is 36.5 Å². The number of alkyl halides is 1. The molecule has 2 nitrogen and oxygen atoms in total. The molecule has 1 N–H and O–H groups in total. The van der Waals surface area contributed by atoms with Crippen molar-refractivity contribution in [1.82, 2.24) is 5.32 Å². The molecule has 1 aliphatic carbocycles. The van der Waals surface area contributed by atoms with Crippen LogP contribution < -0.4 is 5.32 Å². The molecular formula is C12H12BrCl2NO. The number of halogens is 3. The number of benzene rings is 1. The maximum absolute atomic E-state index is 11.9. The van der Waals surface area contributed by atoms with Gasteiger partial charge < -0.3 is 5.32 Å². The smallest absolute Gasteiger partial charge is 0.251 e. The standard InChI is InChI=1S/C12H12BrCl2NO/c13-6-12(1-2-12)7-16-11(17)8-3-9(14)5-10(15)4-8/h3-5H,1-2,6-7H2,(H,16,17). The second-order valence-electron chi connectivity index (χ2n) is 4.47. The highest BCUT2D eigenvalue weighted by Crippen LogP contribution is 2.46. The third-order valence-corrected chi connectivity index (χ3v) is 4.62. The van der Waals surface area contributed by atoms with Crippen LogP contribution in [-0.2, 0) is 0 Å². The van der Waals surface area contributed by atoms with E-state index < -0.39 is 0 Å². The summed E-state index contributed by atoms with van der Waals surface area (Å²) in [5.74, 6) is -0.123. The summed E-state index contributed by atoms with van der Waals surface area (Å²) in [7, 11) is 0. The topological polar surface area (TPSA) is 29.1 Å². The summed E-state index contributed by atoms with van der Waals surface area (Å²) in [6.45, 7) is 0.696. The molecular weight excluding hydrogens is 325 g/mol. The van der Waals surface area contributed by atoms with Gasteiger partial charge >= 0.3 is 0 Å². The minimum Gasteiger partial charge on any atom is -0.351 e. The Kier molecular flexibility index (Phi) is 4.01. The number of nitrogens with one attached hydrogen (secondary N) is 1. The van der Waals surface area contributed by atoms with Gasteiger partial charge in [-0.15, -0.1) is 0 Å². The molecule has 5 heteroatoms. The summed E-state index contributed by atoms with van der Waals surface area (Å²) in [5, 5.41) is 4.80. The number of carbonyl (C=O) groups excluding carboxylic acids is 1. The number of hydrogen-bond acceptors (Lipinski definition) is 1. The summed E-state index contributed by atoms with van der Waals surface area (Å²) < 4.78 is 0. The van der Waals surface area contributed by atoms with Crippen LogP contribution in [0.5, 0.6) is 0 Å². The SMILES string of the molecule is O=C(NCC1(CBr)CC1)c1cc(Cl)cc(Cl)c1. The van der Waals surface area contributed by atoms with Crippen molar-refractivity contribution in [3.63, 3.8) is 0 Å². The van der Waals surface area contributed by atoms with Crippen molar-refractivity contribution in [1.29, 1.82) is 0 Å². The lowest BCUT2D eigenvalue weighted by Gasteiger charge is -2.12. The van der Waals surface area contributed by atoms with Crippen molar-refractivity contribution in [2.45, 2.75) is 12.8 Å². The van der Waals surface area contributed by atoms with Crippen LogP contribution >= 0.6 is 39.1 Å². The Morgan fingerprint density at radius 2 is 1.88 bits per heavy atom. The lowest BCUT2D eigenvalue weighted by Crippen LogP contribution is -2.30. The lowest BCUT2D eigenvalue weighted by atomic mass is 10.1. The monoisotopic (exact) mass is 335 g/mol. The van der Waals surface area contributed by atoms with Gasteiger partial charge in [-0.25, -0.2) is 0 Å². The normalized spacial score (nSPS) is 16.6. The molecule has 2 rings (SSSR count). The Morgan fingerprint density at radius 3 is 2.35 bits per heavy atom. The zero-order chi connectivity index (χ0) is 12.5. The first-order valence-corrected chi connectivity index (χ1v) is 7.23. The third-order valence-electron chi connectivity index (χ3n) is 2.99. The van der Waals surface area contributed by atoms with E-state index >= 15 is 0 Å². The van der Waals surface area contributed by atoms with Crippen LogP contribution in [0.25, 0.3) is 0 Å². The molecule has 0 bridgehead atoms. The summed E-state index contributed by atoms with van der Waals surface area (Å²) in [6, 6.07) is 4.85. The predicted octanol–water partition coefficient (Wildman–Crippen LogP) is 3.90. The van der Waals surface area contributed by atoms with Gasteiger partial charge in [-0.1, -0.05) is 39.1 Å². The predicted molar refractivity (Wildman–Crippen MR) is 74.3 cm³/mol. The number of carbonyl (C=O) groups is 1. The van der Waals surface area contributed by atoms with Crippen molar-refractivity contribution in [2.75, 3.05) is 11.9 Å². The van der Waals surface area contributed by atoms with Crippen LogP contribution in [0.15, 0.2) is 18.2 Å². The Bertz CT molecular complexity index is 426. The molecule has 0 aromatic heterocycles. The Hall–Kier alpha value is -0.250. The van der Waals surface area contributed by atoms with Crippen molar-refractivity contribution in [3.8, 4) is 0 Å². The quantitative estimate of drug-likeness (QED) is 0.830. The van der Waals surface area contributed by atoms with Gasteiger partial charge in [-0.2, -0.15) is 0 Å². The third kappa shape index (κ3) is 3.36. The zero-order valence-corrected chi connectivity index (χ0v) is 12.2. The Morgan fingerprint density at radius 1 is 1.29 bits per heavy atom. The van der Waals surface area contributed by atoms with Gasteiger partial charge in [0.15, 0.2) is 0 Å². The molecule has 0 aliphatic heterocycles. The lowest BCUT2D eigenvalue weighted by molar-refractivity contribution is 0.0946. The first-order chi connectivity index (χ1) is 8.04. The highest BCUT2D eigenvalue weighted by molar-refractivity contribution is 9.09. The van der Waals surface area contributed by atoms with E-state index in [0.29, 0.717) is 22.2 Å². The summed E-state index contributed by atoms with van der Waals surface area (Å²) in [4.78, 5) is 11.9. The van der Waals surface area contributed by atoms with Crippen molar-refractivity contribution in [2.24, 2.45) is 5.41 Å². The summed E-state index contributed by atoms with van der Waals surface area (Å²) in [6.07, 6.45) is 2.32. The van der Waals surface area contributed by atoms with E-state index in [-0.39, 0.29) is 11.3 Å². The summed E-state index contributed by atoms with van der Waals surface area (Å²) >= 11 is 15.2. The summed E-state index contributed by atoms with van der Waals surface area (Å²) in [5.41, 5.74) is 0.769. The zero-order valence-electron chi connectivity index (χ0n) is 9.10. The van der Waals surface area contributed by atoms with E-state index in [1.54, 1.807) is 18.2 Å². The molecule has 0 saturated heterocycles. The molecule has 0 unspecified atom stereocenters. The molecule has 1 saturated carbocycles. The van der Waals surface area contributed by atoms with Crippen LogP contribution in [0.2, 0.25) is 10.0 Å². The number of rotatable bonds is 4. The number of amides is 1. The molecule has 1 aromatic carbocycles. The van der Waals surface area contributed by atoms with Crippen molar-refractivity contribution < 1.29 is 4.79 Å². The molecule has 0 heterocycles. The van der Waals surface area contributed by atoms with E-state index in [9.17, 15) is 4.79 Å². The molecule has 1 aromatic rings. The van der Waals surface area contributed by atoms with Gasteiger partial charge in [0.1, 0.15) is 0 Å². The highest BCUT2D eigenvalue weighted by atomic mass is 79.9. The van der Waals surface area contributed by atoms with Gasteiger partial charge in [0.25, 0.3) is 5.91 Å². The second-order valence-corrected chi connectivity index (χ2v) is 5.91. The molecule has 17 heavy (non-hydrogen) atoms. The fourth-order valence-corrected chi connectivity index (χ4v) is 2.87. The fraction of sp³-hybridized carbons (Fsp3) is 0.417. The van der Waals surface area contributed by atoms with E-state index in [4.69, 9.17) is 23.2 Å². The average Bonchev–Trinajstić information content (AvgIpc) is 3.05. The van der Waals surface area contributed by atoms with Gasteiger partial charge in [0, 0.05) is 27.5 Å². The molecule has 92 valence electrons.